The summed E-state index contributed by atoms with van der Waals surface area (Å²) >= 11 is 6.83. The van der Waals surface area contributed by atoms with Gasteiger partial charge in [-0.15, -0.1) is 5.10 Å². The third-order valence-corrected chi connectivity index (χ3v) is 3.66. The highest BCUT2D eigenvalue weighted by Gasteiger charge is 2.05. The molecule has 0 atom stereocenters. The molecule has 3 rings (SSSR count). The summed E-state index contributed by atoms with van der Waals surface area (Å²) in [6.45, 7) is 0.508. The van der Waals surface area contributed by atoms with E-state index in [1.54, 1.807) is 10.9 Å². The molecule has 0 unspecified atom stereocenters. The van der Waals surface area contributed by atoms with E-state index in [1.807, 2.05) is 30.3 Å². The van der Waals surface area contributed by atoms with Gasteiger partial charge in [-0.25, -0.2) is 9.67 Å². The standard InChI is InChI=1S/C12H9Br2N5/c13-8-5-9(14)12(15-6-8)16-7-19-11-4-2-1-3-10(11)17-18-19/h1-6H,7H2,(H,15,16). The topological polar surface area (TPSA) is 55.6 Å². The summed E-state index contributed by atoms with van der Waals surface area (Å²) in [6.07, 6.45) is 1.74. The minimum absolute atomic E-state index is 0.508. The highest BCUT2D eigenvalue weighted by molar-refractivity contribution is 9.11. The molecular weight excluding hydrogens is 374 g/mol. The Bertz CT molecular complexity index is 725. The number of hydrogen-bond donors (Lipinski definition) is 1. The Morgan fingerprint density at radius 3 is 2.89 bits per heavy atom. The van der Waals surface area contributed by atoms with Gasteiger partial charge in [-0.1, -0.05) is 17.3 Å². The molecule has 2 heterocycles. The monoisotopic (exact) mass is 381 g/mol. The number of aromatic nitrogens is 4. The lowest BCUT2D eigenvalue weighted by atomic mass is 10.3. The lowest BCUT2D eigenvalue weighted by molar-refractivity contribution is 0.653. The average molecular weight is 383 g/mol. The van der Waals surface area contributed by atoms with Gasteiger partial charge in [-0.3, -0.25) is 0 Å². The molecule has 0 aliphatic carbocycles. The summed E-state index contributed by atoms with van der Waals surface area (Å²) < 4.78 is 3.62. The van der Waals surface area contributed by atoms with Crippen LogP contribution in [0, 0.1) is 0 Å². The number of anilines is 1. The van der Waals surface area contributed by atoms with Crippen molar-refractivity contribution in [2.45, 2.75) is 6.67 Å². The Labute approximate surface area is 126 Å². The Morgan fingerprint density at radius 2 is 2.05 bits per heavy atom. The molecular formula is C12H9Br2N5. The van der Waals surface area contributed by atoms with Gasteiger partial charge in [0.25, 0.3) is 0 Å². The normalized spacial score (nSPS) is 10.8. The number of hydrogen-bond acceptors (Lipinski definition) is 4. The molecule has 0 saturated heterocycles. The second-order valence-corrected chi connectivity index (χ2v) is 5.67. The van der Waals surface area contributed by atoms with E-state index in [0.717, 1.165) is 25.8 Å². The number of pyridine rings is 1. The van der Waals surface area contributed by atoms with Gasteiger partial charge in [-0.05, 0) is 50.1 Å². The predicted octanol–water partition coefficient (Wildman–Crippen LogP) is 3.42. The van der Waals surface area contributed by atoms with Crippen molar-refractivity contribution in [3.8, 4) is 0 Å². The summed E-state index contributed by atoms with van der Waals surface area (Å²) in [4.78, 5) is 4.29. The molecule has 0 spiro atoms. The molecule has 1 N–H and O–H groups in total. The first kappa shape index (κ1) is 12.6. The summed E-state index contributed by atoms with van der Waals surface area (Å²) in [6, 6.07) is 9.78. The largest absolute Gasteiger partial charge is 0.350 e. The summed E-state index contributed by atoms with van der Waals surface area (Å²) in [7, 11) is 0. The van der Waals surface area contributed by atoms with Crippen molar-refractivity contribution in [1.29, 1.82) is 0 Å². The van der Waals surface area contributed by atoms with E-state index in [4.69, 9.17) is 0 Å². The van der Waals surface area contributed by atoms with Crippen molar-refractivity contribution in [3.05, 3.63) is 45.5 Å². The number of fused-ring (bicyclic) bond motifs is 1. The van der Waals surface area contributed by atoms with Crippen LogP contribution in [0.25, 0.3) is 11.0 Å². The van der Waals surface area contributed by atoms with Crippen molar-refractivity contribution in [2.24, 2.45) is 0 Å². The van der Waals surface area contributed by atoms with Crippen molar-refractivity contribution >= 4 is 48.7 Å². The van der Waals surface area contributed by atoms with Gasteiger partial charge in [0.1, 0.15) is 18.0 Å². The number of rotatable bonds is 3. The van der Waals surface area contributed by atoms with Crippen LogP contribution in [0.5, 0.6) is 0 Å². The van der Waals surface area contributed by atoms with Gasteiger partial charge in [-0.2, -0.15) is 0 Å². The highest BCUT2D eigenvalue weighted by atomic mass is 79.9. The van der Waals surface area contributed by atoms with Crippen molar-refractivity contribution in [3.63, 3.8) is 0 Å². The highest BCUT2D eigenvalue weighted by Crippen LogP contribution is 2.23. The lowest BCUT2D eigenvalue weighted by Gasteiger charge is -2.08. The molecule has 0 fully saturated rings. The number of nitrogens with one attached hydrogen (secondary N) is 1. The van der Waals surface area contributed by atoms with Crippen LogP contribution in [0.3, 0.4) is 0 Å². The van der Waals surface area contributed by atoms with Gasteiger partial charge in [0.2, 0.25) is 0 Å². The molecule has 19 heavy (non-hydrogen) atoms. The van der Waals surface area contributed by atoms with Gasteiger partial charge in [0.05, 0.1) is 9.99 Å². The van der Waals surface area contributed by atoms with E-state index < -0.39 is 0 Å². The van der Waals surface area contributed by atoms with E-state index in [2.05, 4.69) is 52.5 Å². The van der Waals surface area contributed by atoms with E-state index in [9.17, 15) is 0 Å². The molecule has 96 valence electrons. The summed E-state index contributed by atoms with van der Waals surface area (Å²) in [5, 5.41) is 11.4. The first-order valence-corrected chi connectivity index (χ1v) is 7.16. The third kappa shape index (κ3) is 2.62. The molecule has 0 saturated carbocycles. The van der Waals surface area contributed by atoms with E-state index in [0.29, 0.717) is 6.67 Å². The second kappa shape index (κ2) is 5.26. The number of benzene rings is 1. The van der Waals surface area contributed by atoms with Crippen LogP contribution in [-0.4, -0.2) is 20.0 Å². The van der Waals surface area contributed by atoms with Gasteiger partial charge in [0.15, 0.2) is 0 Å². The zero-order chi connectivity index (χ0) is 13.2. The fourth-order valence-corrected chi connectivity index (χ4v) is 2.86. The maximum Gasteiger partial charge on any atom is 0.141 e. The van der Waals surface area contributed by atoms with Crippen molar-refractivity contribution < 1.29 is 0 Å². The molecule has 2 aromatic heterocycles. The summed E-state index contributed by atoms with van der Waals surface area (Å²) in [5.41, 5.74) is 1.87. The molecule has 3 aromatic rings. The smallest absolute Gasteiger partial charge is 0.141 e. The first-order chi connectivity index (χ1) is 9.24. The van der Waals surface area contributed by atoms with Crippen LogP contribution < -0.4 is 5.32 Å². The maximum atomic E-state index is 4.29. The number of halogens is 2. The number of para-hydroxylation sites is 1. The van der Waals surface area contributed by atoms with E-state index in [1.165, 1.54) is 0 Å². The lowest BCUT2D eigenvalue weighted by Crippen LogP contribution is -2.10. The molecule has 0 aliphatic heterocycles. The van der Waals surface area contributed by atoms with Gasteiger partial charge < -0.3 is 5.32 Å². The quantitative estimate of drug-likeness (QED) is 0.753. The molecule has 7 heteroatoms. The molecule has 1 aromatic carbocycles. The maximum absolute atomic E-state index is 4.29. The predicted molar refractivity (Wildman–Crippen MR) is 80.8 cm³/mol. The summed E-state index contributed by atoms with van der Waals surface area (Å²) in [5.74, 6) is 0.766. The van der Waals surface area contributed by atoms with Crippen molar-refractivity contribution in [1.82, 2.24) is 20.0 Å². The second-order valence-electron chi connectivity index (χ2n) is 3.90. The minimum atomic E-state index is 0.508. The Balaban J connectivity index is 1.82. The zero-order valence-electron chi connectivity index (χ0n) is 9.72. The molecule has 0 aliphatic rings. The van der Waals surface area contributed by atoms with Crippen LogP contribution in [-0.2, 0) is 6.67 Å². The fourth-order valence-electron chi connectivity index (χ4n) is 1.73. The van der Waals surface area contributed by atoms with Crippen LogP contribution >= 0.6 is 31.9 Å². The average Bonchev–Trinajstić information content (AvgIpc) is 2.81. The van der Waals surface area contributed by atoms with E-state index in [-0.39, 0.29) is 0 Å². The molecule has 0 bridgehead atoms. The molecule has 0 amide bonds. The minimum Gasteiger partial charge on any atom is -0.350 e. The van der Waals surface area contributed by atoms with Gasteiger partial charge in [0, 0.05) is 10.7 Å². The first-order valence-electron chi connectivity index (χ1n) is 5.57. The third-order valence-electron chi connectivity index (χ3n) is 2.62. The van der Waals surface area contributed by atoms with Crippen LogP contribution in [0.2, 0.25) is 0 Å². The fraction of sp³-hybridized carbons (Fsp3) is 0.0833. The SMILES string of the molecule is Brc1cnc(NCn2nnc3ccccc32)c(Br)c1. The van der Waals surface area contributed by atoms with Gasteiger partial charge >= 0.3 is 0 Å². The molecule has 0 radical (unpaired) electrons. The number of nitrogens with zero attached hydrogens (tertiary/aromatic N) is 4. The Morgan fingerprint density at radius 1 is 1.21 bits per heavy atom. The zero-order valence-corrected chi connectivity index (χ0v) is 12.9. The Hall–Kier alpha value is -1.47. The van der Waals surface area contributed by atoms with Crippen molar-refractivity contribution in [2.75, 3.05) is 5.32 Å². The van der Waals surface area contributed by atoms with Crippen LogP contribution in [0.4, 0.5) is 5.82 Å². The van der Waals surface area contributed by atoms with E-state index >= 15 is 0 Å². The van der Waals surface area contributed by atoms with Crippen LogP contribution in [0.1, 0.15) is 0 Å². The molecule has 5 nitrogen and oxygen atoms in total. The van der Waals surface area contributed by atoms with Crippen LogP contribution in [0.15, 0.2) is 45.5 Å². The Kier molecular flexibility index (Phi) is 3.48.